The van der Waals surface area contributed by atoms with Crippen LogP contribution in [0.5, 0.6) is 0 Å². The van der Waals surface area contributed by atoms with Crippen LogP contribution in [-0.4, -0.2) is 0 Å². The highest BCUT2D eigenvalue weighted by molar-refractivity contribution is 7.10. The molecular weight excluding hydrogens is 226 g/mol. The molecule has 0 aliphatic rings. The first kappa shape index (κ1) is 12.3. The van der Waals surface area contributed by atoms with Crippen molar-refractivity contribution in [2.75, 3.05) is 0 Å². The Morgan fingerprint density at radius 2 is 1.88 bits per heavy atom. The summed E-state index contributed by atoms with van der Waals surface area (Å²) in [7, 11) is 0. The van der Waals surface area contributed by atoms with Crippen LogP contribution in [0, 0.1) is 0 Å². The van der Waals surface area contributed by atoms with Crippen molar-refractivity contribution in [1.82, 2.24) is 5.32 Å². The Bertz CT molecular complexity index is 421. The van der Waals surface area contributed by atoms with Gasteiger partial charge in [-0.1, -0.05) is 43.3 Å². The third kappa shape index (κ3) is 3.18. The molecule has 0 saturated heterocycles. The van der Waals surface area contributed by atoms with E-state index in [2.05, 4.69) is 67.0 Å². The maximum Gasteiger partial charge on any atom is 0.0416 e. The van der Waals surface area contributed by atoms with Crippen LogP contribution in [0.15, 0.2) is 47.8 Å². The van der Waals surface area contributed by atoms with Gasteiger partial charge in [0.1, 0.15) is 0 Å². The topological polar surface area (TPSA) is 12.0 Å². The lowest BCUT2D eigenvalue weighted by Gasteiger charge is -2.21. The van der Waals surface area contributed by atoms with Crippen molar-refractivity contribution in [2.24, 2.45) is 0 Å². The number of benzene rings is 1. The van der Waals surface area contributed by atoms with Crippen molar-refractivity contribution in [1.29, 1.82) is 0 Å². The molecule has 1 heterocycles. The van der Waals surface area contributed by atoms with Crippen molar-refractivity contribution in [3.05, 3.63) is 58.3 Å². The van der Waals surface area contributed by atoms with Gasteiger partial charge in [0.25, 0.3) is 0 Å². The molecule has 90 valence electrons. The van der Waals surface area contributed by atoms with E-state index in [-0.39, 0.29) is 0 Å². The molecular formula is C15H19NS. The fraction of sp³-hybridized carbons (Fsp3) is 0.333. The molecule has 2 heteroatoms. The summed E-state index contributed by atoms with van der Waals surface area (Å²) in [6.07, 6.45) is 1.12. The standard InChI is InChI=1S/C15H19NS/c1-3-14(15-10-7-11-17-15)16-12(2)13-8-5-4-6-9-13/h4-12,14,16H,3H2,1-2H3/t12-,14?/m1/s1. The molecule has 1 unspecified atom stereocenters. The quantitative estimate of drug-likeness (QED) is 0.815. The Morgan fingerprint density at radius 3 is 2.47 bits per heavy atom. The third-order valence-electron chi connectivity index (χ3n) is 3.05. The van der Waals surface area contributed by atoms with Crippen LogP contribution in [0.2, 0.25) is 0 Å². The van der Waals surface area contributed by atoms with E-state index in [4.69, 9.17) is 0 Å². The zero-order valence-corrected chi connectivity index (χ0v) is 11.2. The molecule has 1 aromatic carbocycles. The number of rotatable bonds is 5. The van der Waals surface area contributed by atoms with Crippen molar-refractivity contribution < 1.29 is 0 Å². The molecule has 0 saturated carbocycles. The molecule has 17 heavy (non-hydrogen) atoms. The monoisotopic (exact) mass is 245 g/mol. The van der Waals surface area contributed by atoms with Gasteiger partial charge in [-0.2, -0.15) is 0 Å². The minimum Gasteiger partial charge on any atom is -0.303 e. The molecule has 0 fully saturated rings. The molecule has 0 bridgehead atoms. The maximum absolute atomic E-state index is 3.70. The van der Waals surface area contributed by atoms with Crippen molar-refractivity contribution in [3.8, 4) is 0 Å². The fourth-order valence-corrected chi connectivity index (χ4v) is 2.90. The second kappa shape index (κ2) is 5.99. The van der Waals surface area contributed by atoms with E-state index in [0.717, 1.165) is 6.42 Å². The molecule has 2 atom stereocenters. The van der Waals surface area contributed by atoms with E-state index < -0.39 is 0 Å². The first-order valence-electron chi connectivity index (χ1n) is 6.15. The van der Waals surface area contributed by atoms with E-state index in [9.17, 15) is 0 Å². The van der Waals surface area contributed by atoms with Crippen molar-refractivity contribution >= 4 is 11.3 Å². The SMILES string of the molecule is CCC(N[C@H](C)c1ccccc1)c1cccs1. The van der Waals surface area contributed by atoms with E-state index in [1.54, 1.807) is 0 Å². The number of nitrogens with one attached hydrogen (secondary N) is 1. The Kier molecular flexibility index (Phi) is 4.35. The molecule has 0 radical (unpaired) electrons. The Morgan fingerprint density at radius 1 is 1.12 bits per heavy atom. The van der Waals surface area contributed by atoms with Gasteiger partial charge in [-0.05, 0) is 30.4 Å². The lowest BCUT2D eigenvalue weighted by molar-refractivity contribution is 0.462. The van der Waals surface area contributed by atoms with Crippen LogP contribution < -0.4 is 5.32 Å². The Labute approximate surface area is 108 Å². The summed E-state index contributed by atoms with van der Waals surface area (Å²) in [6.45, 7) is 4.46. The number of thiophene rings is 1. The lowest BCUT2D eigenvalue weighted by atomic mass is 10.1. The Hall–Kier alpha value is -1.12. The normalized spacial score (nSPS) is 14.5. The first-order valence-corrected chi connectivity index (χ1v) is 7.03. The summed E-state index contributed by atoms with van der Waals surface area (Å²) in [5.74, 6) is 0. The summed E-state index contributed by atoms with van der Waals surface area (Å²) in [5, 5.41) is 5.84. The summed E-state index contributed by atoms with van der Waals surface area (Å²) in [6, 6.07) is 15.8. The number of hydrogen-bond acceptors (Lipinski definition) is 2. The van der Waals surface area contributed by atoms with Crippen LogP contribution in [0.4, 0.5) is 0 Å². The summed E-state index contributed by atoms with van der Waals surface area (Å²) in [4.78, 5) is 1.43. The van der Waals surface area contributed by atoms with E-state index in [1.165, 1.54) is 10.4 Å². The van der Waals surface area contributed by atoms with Gasteiger partial charge in [0.2, 0.25) is 0 Å². The van der Waals surface area contributed by atoms with Crippen molar-refractivity contribution in [2.45, 2.75) is 32.4 Å². The van der Waals surface area contributed by atoms with Gasteiger partial charge in [-0.15, -0.1) is 11.3 Å². The molecule has 0 aliphatic heterocycles. The smallest absolute Gasteiger partial charge is 0.0416 e. The molecule has 1 aromatic heterocycles. The predicted octanol–water partition coefficient (Wildman–Crippen LogP) is 4.55. The second-order valence-electron chi connectivity index (χ2n) is 4.28. The van der Waals surface area contributed by atoms with Crippen LogP contribution in [0.1, 0.15) is 42.8 Å². The van der Waals surface area contributed by atoms with Crippen LogP contribution in [-0.2, 0) is 0 Å². The minimum absolute atomic E-state index is 0.392. The van der Waals surface area contributed by atoms with Gasteiger partial charge in [0, 0.05) is 17.0 Å². The average molecular weight is 245 g/mol. The van der Waals surface area contributed by atoms with Crippen LogP contribution in [0.25, 0.3) is 0 Å². The average Bonchev–Trinajstić information content (AvgIpc) is 2.90. The van der Waals surface area contributed by atoms with Gasteiger partial charge in [-0.3, -0.25) is 0 Å². The third-order valence-corrected chi connectivity index (χ3v) is 4.03. The van der Waals surface area contributed by atoms with Gasteiger partial charge >= 0.3 is 0 Å². The maximum atomic E-state index is 3.70. The molecule has 0 amide bonds. The molecule has 2 rings (SSSR count). The Balaban J connectivity index is 2.05. The van der Waals surface area contributed by atoms with Gasteiger partial charge in [0.15, 0.2) is 0 Å². The summed E-state index contributed by atoms with van der Waals surface area (Å²) < 4.78 is 0. The lowest BCUT2D eigenvalue weighted by Crippen LogP contribution is -2.23. The predicted molar refractivity (Wildman–Crippen MR) is 75.3 cm³/mol. The highest BCUT2D eigenvalue weighted by atomic mass is 32.1. The van der Waals surface area contributed by atoms with E-state index in [1.807, 2.05) is 11.3 Å². The van der Waals surface area contributed by atoms with Gasteiger partial charge < -0.3 is 5.32 Å². The molecule has 1 N–H and O–H groups in total. The zero-order valence-electron chi connectivity index (χ0n) is 10.4. The molecule has 2 aromatic rings. The minimum atomic E-state index is 0.392. The van der Waals surface area contributed by atoms with Crippen LogP contribution >= 0.6 is 11.3 Å². The highest BCUT2D eigenvalue weighted by Crippen LogP contribution is 2.25. The fourth-order valence-electron chi connectivity index (χ4n) is 2.03. The molecule has 0 spiro atoms. The number of hydrogen-bond donors (Lipinski definition) is 1. The zero-order chi connectivity index (χ0) is 12.1. The van der Waals surface area contributed by atoms with E-state index in [0.29, 0.717) is 12.1 Å². The molecule has 0 aliphatic carbocycles. The van der Waals surface area contributed by atoms with Gasteiger partial charge in [-0.25, -0.2) is 0 Å². The summed E-state index contributed by atoms with van der Waals surface area (Å²) >= 11 is 1.83. The second-order valence-corrected chi connectivity index (χ2v) is 5.25. The van der Waals surface area contributed by atoms with Crippen molar-refractivity contribution in [3.63, 3.8) is 0 Å². The highest BCUT2D eigenvalue weighted by Gasteiger charge is 2.13. The van der Waals surface area contributed by atoms with Crippen LogP contribution in [0.3, 0.4) is 0 Å². The first-order chi connectivity index (χ1) is 8.31. The molecule has 1 nitrogen and oxygen atoms in total. The van der Waals surface area contributed by atoms with Gasteiger partial charge in [0.05, 0.1) is 0 Å². The summed E-state index contributed by atoms with van der Waals surface area (Å²) in [5.41, 5.74) is 1.35. The largest absolute Gasteiger partial charge is 0.303 e. The van der Waals surface area contributed by atoms with E-state index >= 15 is 0 Å².